The number of rotatable bonds is 3. The van der Waals surface area contributed by atoms with Gasteiger partial charge in [-0.1, -0.05) is 0 Å². The molecule has 1 saturated heterocycles. The van der Waals surface area contributed by atoms with Crippen molar-refractivity contribution < 1.29 is 4.79 Å². The summed E-state index contributed by atoms with van der Waals surface area (Å²) in [6, 6.07) is 1.75. The fourth-order valence-electron chi connectivity index (χ4n) is 3.76. The molecular weight excluding hydrogens is 306 g/mol. The van der Waals surface area contributed by atoms with Crippen LogP contribution in [0.3, 0.4) is 0 Å². The summed E-state index contributed by atoms with van der Waals surface area (Å²) >= 11 is 0. The summed E-state index contributed by atoms with van der Waals surface area (Å²) in [5.74, 6) is -0.0303. The van der Waals surface area contributed by atoms with Crippen LogP contribution in [0.25, 0.3) is 0 Å². The smallest absolute Gasteiger partial charge is 0.267 e. The van der Waals surface area contributed by atoms with Gasteiger partial charge in [0.15, 0.2) is 0 Å². The number of carbonyl (C=O) groups excluding carboxylic acids is 1. The first-order valence-corrected chi connectivity index (χ1v) is 8.62. The van der Waals surface area contributed by atoms with E-state index in [1.54, 1.807) is 23.1 Å². The molecular formula is C17H21N5O2. The molecule has 0 spiro atoms. The maximum Gasteiger partial charge on any atom is 0.267 e. The van der Waals surface area contributed by atoms with Gasteiger partial charge in [0.2, 0.25) is 0 Å². The van der Waals surface area contributed by atoms with Crippen molar-refractivity contribution in [3.63, 3.8) is 0 Å². The predicted molar refractivity (Wildman–Crippen MR) is 87.8 cm³/mol. The molecule has 1 aliphatic carbocycles. The van der Waals surface area contributed by atoms with Crippen molar-refractivity contribution in [2.75, 3.05) is 6.54 Å². The molecule has 4 rings (SSSR count). The summed E-state index contributed by atoms with van der Waals surface area (Å²) in [7, 11) is 0. The fraction of sp³-hybridized carbons (Fsp3) is 0.529. The van der Waals surface area contributed by atoms with Gasteiger partial charge in [-0.2, -0.15) is 10.2 Å². The SMILES string of the molecule is O=C(c1cn[nH]c1)N1CCCC1Cn1nc2c(cc1=O)CCCC2. The molecule has 2 aliphatic rings. The zero-order valence-corrected chi connectivity index (χ0v) is 13.6. The van der Waals surface area contributed by atoms with Crippen LogP contribution in [0.2, 0.25) is 0 Å². The number of hydrogen-bond acceptors (Lipinski definition) is 4. The molecule has 1 fully saturated rings. The number of carbonyl (C=O) groups is 1. The van der Waals surface area contributed by atoms with Crippen LogP contribution < -0.4 is 5.56 Å². The van der Waals surface area contributed by atoms with Crippen molar-refractivity contribution in [1.82, 2.24) is 24.9 Å². The summed E-state index contributed by atoms with van der Waals surface area (Å²) in [6.07, 6.45) is 9.16. The van der Waals surface area contributed by atoms with Gasteiger partial charge in [-0.15, -0.1) is 0 Å². The molecule has 0 radical (unpaired) electrons. The zero-order chi connectivity index (χ0) is 16.5. The lowest BCUT2D eigenvalue weighted by Crippen LogP contribution is -2.41. The van der Waals surface area contributed by atoms with E-state index in [2.05, 4.69) is 15.3 Å². The van der Waals surface area contributed by atoms with Crippen LogP contribution in [0, 0.1) is 0 Å². The second-order valence-electron chi connectivity index (χ2n) is 6.63. The third-order valence-corrected chi connectivity index (χ3v) is 5.04. The Morgan fingerprint density at radius 2 is 2.17 bits per heavy atom. The molecule has 1 N–H and O–H groups in total. The fourth-order valence-corrected chi connectivity index (χ4v) is 3.76. The Hall–Kier alpha value is -2.44. The Balaban J connectivity index is 1.56. The van der Waals surface area contributed by atoms with Crippen molar-refractivity contribution in [2.24, 2.45) is 0 Å². The highest BCUT2D eigenvalue weighted by Gasteiger charge is 2.30. The Bertz CT molecular complexity index is 796. The number of amides is 1. The molecule has 126 valence electrons. The summed E-state index contributed by atoms with van der Waals surface area (Å²) in [6.45, 7) is 1.18. The molecule has 3 heterocycles. The van der Waals surface area contributed by atoms with E-state index in [0.717, 1.165) is 49.8 Å². The van der Waals surface area contributed by atoms with Crippen molar-refractivity contribution in [3.05, 3.63) is 45.6 Å². The van der Waals surface area contributed by atoms with Gasteiger partial charge in [0, 0.05) is 18.8 Å². The molecule has 0 saturated carbocycles. The van der Waals surface area contributed by atoms with E-state index < -0.39 is 0 Å². The second kappa shape index (κ2) is 6.22. The molecule has 1 atom stereocenters. The second-order valence-corrected chi connectivity index (χ2v) is 6.63. The minimum atomic E-state index is -0.0572. The average molecular weight is 327 g/mol. The molecule has 7 heteroatoms. The zero-order valence-electron chi connectivity index (χ0n) is 13.6. The molecule has 1 unspecified atom stereocenters. The molecule has 7 nitrogen and oxygen atoms in total. The third-order valence-electron chi connectivity index (χ3n) is 5.04. The van der Waals surface area contributed by atoms with E-state index in [-0.39, 0.29) is 17.5 Å². The lowest BCUT2D eigenvalue weighted by atomic mass is 9.97. The highest BCUT2D eigenvalue weighted by Crippen LogP contribution is 2.22. The Kier molecular flexibility index (Phi) is 3.92. The highest BCUT2D eigenvalue weighted by molar-refractivity contribution is 5.94. The minimum Gasteiger partial charge on any atom is -0.334 e. The van der Waals surface area contributed by atoms with Gasteiger partial charge in [-0.25, -0.2) is 4.68 Å². The number of H-pyrrole nitrogens is 1. The molecule has 1 aliphatic heterocycles. The quantitative estimate of drug-likeness (QED) is 0.916. The Labute approximate surface area is 139 Å². The maximum absolute atomic E-state index is 12.6. The van der Waals surface area contributed by atoms with E-state index in [1.807, 2.05) is 4.90 Å². The number of likely N-dealkylation sites (tertiary alicyclic amines) is 1. The van der Waals surface area contributed by atoms with E-state index in [9.17, 15) is 9.59 Å². The van der Waals surface area contributed by atoms with Crippen LogP contribution in [0.1, 0.15) is 47.3 Å². The van der Waals surface area contributed by atoms with Crippen molar-refractivity contribution >= 4 is 5.91 Å². The monoisotopic (exact) mass is 327 g/mol. The van der Waals surface area contributed by atoms with Crippen LogP contribution >= 0.6 is 0 Å². The van der Waals surface area contributed by atoms with Crippen LogP contribution in [0.5, 0.6) is 0 Å². The maximum atomic E-state index is 12.6. The summed E-state index contributed by atoms with van der Waals surface area (Å²) in [5, 5.41) is 11.1. The average Bonchev–Trinajstić information content (AvgIpc) is 3.26. The first kappa shape index (κ1) is 15.1. The van der Waals surface area contributed by atoms with Gasteiger partial charge in [0.05, 0.1) is 30.0 Å². The number of fused-ring (bicyclic) bond motifs is 1. The van der Waals surface area contributed by atoms with Crippen LogP contribution in [-0.4, -0.2) is 43.4 Å². The van der Waals surface area contributed by atoms with E-state index in [0.29, 0.717) is 18.7 Å². The molecule has 24 heavy (non-hydrogen) atoms. The van der Waals surface area contributed by atoms with Crippen LogP contribution in [-0.2, 0) is 19.4 Å². The normalized spacial score (nSPS) is 20.2. The predicted octanol–water partition coefficient (Wildman–Crippen LogP) is 1.15. The molecule has 1 amide bonds. The van der Waals surface area contributed by atoms with Gasteiger partial charge in [0.25, 0.3) is 11.5 Å². The van der Waals surface area contributed by atoms with Gasteiger partial charge in [-0.05, 0) is 44.1 Å². The number of hydrogen-bond donors (Lipinski definition) is 1. The number of nitrogens with one attached hydrogen (secondary N) is 1. The van der Waals surface area contributed by atoms with Crippen molar-refractivity contribution in [1.29, 1.82) is 0 Å². The summed E-state index contributed by atoms with van der Waals surface area (Å²) in [4.78, 5) is 26.8. The molecule has 0 bridgehead atoms. The highest BCUT2D eigenvalue weighted by atomic mass is 16.2. The van der Waals surface area contributed by atoms with E-state index in [4.69, 9.17) is 0 Å². The number of nitrogens with zero attached hydrogens (tertiary/aromatic N) is 4. The van der Waals surface area contributed by atoms with Crippen LogP contribution in [0.4, 0.5) is 0 Å². The number of aromatic amines is 1. The largest absolute Gasteiger partial charge is 0.334 e. The standard InChI is InChI=1S/C17H21N5O2/c23-16-8-12-4-1-2-6-15(12)20-22(16)11-14-5-3-7-21(14)17(24)13-9-18-19-10-13/h8-10,14H,1-7,11H2,(H,18,19). The first-order valence-electron chi connectivity index (χ1n) is 8.62. The summed E-state index contributed by atoms with van der Waals surface area (Å²) in [5.41, 5.74) is 2.65. The first-order chi connectivity index (χ1) is 11.7. The van der Waals surface area contributed by atoms with Gasteiger partial charge in [0.1, 0.15) is 0 Å². The van der Waals surface area contributed by atoms with E-state index in [1.165, 1.54) is 0 Å². The topological polar surface area (TPSA) is 83.9 Å². The third kappa shape index (κ3) is 2.74. The minimum absolute atomic E-state index is 0.0132. The van der Waals surface area contributed by atoms with Crippen molar-refractivity contribution in [2.45, 2.75) is 51.1 Å². The molecule has 0 aromatic carbocycles. The Morgan fingerprint density at radius 1 is 1.29 bits per heavy atom. The van der Waals surface area contributed by atoms with Crippen molar-refractivity contribution in [3.8, 4) is 0 Å². The van der Waals surface area contributed by atoms with Gasteiger partial charge in [-0.3, -0.25) is 14.7 Å². The lowest BCUT2D eigenvalue weighted by molar-refractivity contribution is 0.0720. The van der Waals surface area contributed by atoms with Gasteiger partial charge >= 0.3 is 0 Å². The molecule has 2 aromatic heterocycles. The number of aromatic nitrogens is 4. The number of aryl methyl sites for hydroxylation is 2. The Morgan fingerprint density at radius 3 is 3.00 bits per heavy atom. The van der Waals surface area contributed by atoms with Crippen LogP contribution in [0.15, 0.2) is 23.3 Å². The molecule has 2 aromatic rings. The summed E-state index contributed by atoms with van der Waals surface area (Å²) < 4.78 is 1.55. The van der Waals surface area contributed by atoms with E-state index >= 15 is 0 Å². The lowest BCUT2D eigenvalue weighted by Gasteiger charge is -2.25. The van der Waals surface area contributed by atoms with Gasteiger partial charge < -0.3 is 4.90 Å².